The lowest BCUT2D eigenvalue weighted by Gasteiger charge is -2.10. The van der Waals surface area contributed by atoms with Crippen LogP contribution in [0.15, 0.2) is 0 Å². The zero-order chi connectivity index (χ0) is 12.4. The predicted molar refractivity (Wildman–Crippen MR) is 67.7 cm³/mol. The van der Waals surface area contributed by atoms with Crippen LogP contribution in [-0.2, 0) is 4.74 Å². The van der Waals surface area contributed by atoms with Crippen LogP contribution < -0.4 is 5.32 Å². The molecule has 0 spiro atoms. The number of likely N-dealkylation sites (N-methyl/N-ethyl adjacent to an activating group) is 1. The molecule has 1 fully saturated rings. The monoisotopic (exact) mass is 255 g/mol. The Balaban J connectivity index is 2.05. The van der Waals surface area contributed by atoms with Crippen molar-refractivity contribution in [1.82, 2.24) is 9.88 Å². The Morgan fingerprint density at radius 2 is 2.41 bits per heavy atom. The minimum Gasteiger partial charge on any atom is -0.465 e. The fraction of sp³-hybridized carbons (Fsp3) is 0.636. The number of thiazole rings is 1. The van der Waals surface area contributed by atoms with E-state index in [-0.39, 0.29) is 5.97 Å². The molecule has 1 saturated heterocycles. The number of rotatable bonds is 3. The van der Waals surface area contributed by atoms with Crippen LogP contribution in [0.5, 0.6) is 0 Å². The number of likely N-dealkylation sites (tertiary alicyclic amines) is 1. The number of nitrogens with zero attached hydrogens (tertiary/aromatic N) is 2. The van der Waals surface area contributed by atoms with Gasteiger partial charge in [0, 0.05) is 12.6 Å². The van der Waals surface area contributed by atoms with Gasteiger partial charge in [-0.05, 0) is 26.9 Å². The summed E-state index contributed by atoms with van der Waals surface area (Å²) >= 11 is 1.36. The second-order valence-corrected chi connectivity index (χ2v) is 5.32. The van der Waals surface area contributed by atoms with Crippen LogP contribution in [0.3, 0.4) is 0 Å². The molecule has 0 bridgehead atoms. The van der Waals surface area contributed by atoms with E-state index in [1.165, 1.54) is 18.4 Å². The van der Waals surface area contributed by atoms with Gasteiger partial charge in [-0.3, -0.25) is 0 Å². The van der Waals surface area contributed by atoms with E-state index >= 15 is 0 Å². The highest BCUT2D eigenvalue weighted by molar-refractivity contribution is 7.17. The number of nitrogens with one attached hydrogen (secondary N) is 1. The Morgan fingerprint density at radius 3 is 3.00 bits per heavy atom. The fourth-order valence-electron chi connectivity index (χ4n) is 1.97. The second-order valence-electron chi connectivity index (χ2n) is 4.32. The number of carbonyl (C=O) groups excluding carboxylic acids is 1. The van der Waals surface area contributed by atoms with Crippen molar-refractivity contribution in [3.05, 3.63) is 10.6 Å². The molecule has 1 N–H and O–H groups in total. The van der Waals surface area contributed by atoms with Crippen LogP contribution in [0.4, 0.5) is 5.13 Å². The van der Waals surface area contributed by atoms with E-state index in [9.17, 15) is 4.79 Å². The van der Waals surface area contributed by atoms with Crippen LogP contribution >= 0.6 is 11.3 Å². The van der Waals surface area contributed by atoms with Gasteiger partial charge in [-0.15, -0.1) is 0 Å². The third-order valence-electron chi connectivity index (χ3n) is 2.89. The minimum absolute atomic E-state index is 0.309. The topological polar surface area (TPSA) is 54.5 Å². The molecule has 6 heteroatoms. The van der Waals surface area contributed by atoms with E-state index in [4.69, 9.17) is 4.74 Å². The third kappa shape index (κ3) is 2.76. The van der Waals surface area contributed by atoms with Crippen molar-refractivity contribution < 1.29 is 9.53 Å². The maximum atomic E-state index is 11.4. The van der Waals surface area contributed by atoms with E-state index in [1.54, 1.807) is 0 Å². The molecule has 1 aromatic heterocycles. The molecule has 17 heavy (non-hydrogen) atoms. The van der Waals surface area contributed by atoms with E-state index in [2.05, 4.69) is 22.2 Å². The molecule has 2 rings (SSSR count). The molecule has 0 saturated carbocycles. The summed E-state index contributed by atoms with van der Waals surface area (Å²) in [6.45, 7) is 3.95. The van der Waals surface area contributed by atoms with E-state index < -0.39 is 0 Å². The number of esters is 1. The van der Waals surface area contributed by atoms with Crippen LogP contribution in [0.2, 0.25) is 0 Å². The number of aryl methyl sites for hydroxylation is 1. The number of methoxy groups -OCH3 is 1. The van der Waals surface area contributed by atoms with Crippen LogP contribution in [0.1, 0.15) is 21.8 Å². The lowest BCUT2D eigenvalue weighted by Crippen LogP contribution is -2.23. The fourth-order valence-corrected chi connectivity index (χ4v) is 2.93. The largest absolute Gasteiger partial charge is 0.465 e. The molecule has 0 aromatic carbocycles. The Kier molecular flexibility index (Phi) is 3.63. The van der Waals surface area contributed by atoms with Gasteiger partial charge in [0.2, 0.25) is 0 Å². The van der Waals surface area contributed by atoms with Gasteiger partial charge in [-0.1, -0.05) is 11.3 Å². The first-order chi connectivity index (χ1) is 8.10. The molecule has 1 unspecified atom stereocenters. The van der Waals surface area contributed by atoms with Crippen molar-refractivity contribution in [2.75, 3.05) is 32.6 Å². The summed E-state index contributed by atoms with van der Waals surface area (Å²) in [7, 11) is 3.50. The zero-order valence-corrected chi connectivity index (χ0v) is 11.1. The standard InChI is InChI=1S/C11H17N3O2S/c1-7-9(10(15)16-3)17-11(12-7)13-8-4-5-14(2)6-8/h8H,4-6H2,1-3H3,(H,12,13). The normalized spacial score (nSPS) is 20.5. The Hall–Kier alpha value is -1.14. The van der Waals surface area contributed by atoms with Crippen molar-refractivity contribution in [1.29, 1.82) is 0 Å². The van der Waals surface area contributed by atoms with Crippen LogP contribution in [0, 0.1) is 6.92 Å². The highest BCUT2D eigenvalue weighted by Crippen LogP contribution is 2.25. The number of hydrogen-bond acceptors (Lipinski definition) is 6. The molecule has 5 nitrogen and oxygen atoms in total. The highest BCUT2D eigenvalue weighted by atomic mass is 32.1. The SMILES string of the molecule is COC(=O)c1sc(NC2CCN(C)C2)nc1C. The quantitative estimate of drug-likeness (QED) is 0.826. The number of anilines is 1. The maximum Gasteiger partial charge on any atom is 0.350 e. The Labute approximate surface area is 105 Å². The van der Waals surface area contributed by atoms with Crippen molar-refractivity contribution >= 4 is 22.4 Å². The Morgan fingerprint density at radius 1 is 1.65 bits per heavy atom. The molecular formula is C11H17N3O2S. The van der Waals surface area contributed by atoms with Crippen molar-refractivity contribution in [2.24, 2.45) is 0 Å². The first kappa shape index (κ1) is 12.3. The number of aromatic nitrogens is 1. The number of carbonyl (C=O) groups is 1. The van der Waals surface area contributed by atoms with Gasteiger partial charge in [0.15, 0.2) is 5.13 Å². The van der Waals surface area contributed by atoms with Gasteiger partial charge >= 0.3 is 5.97 Å². The third-order valence-corrected chi connectivity index (χ3v) is 3.96. The van der Waals surface area contributed by atoms with Crippen LogP contribution in [0.25, 0.3) is 0 Å². The molecule has 1 atom stereocenters. The summed E-state index contributed by atoms with van der Waals surface area (Å²) in [5.41, 5.74) is 0.732. The summed E-state index contributed by atoms with van der Waals surface area (Å²) in [6, 6.07) is 0.427. The lowest BCUT2D eigenvalue weighted by molar-refractivity contribution is 0.0605. The molecule has 0 amide bonds. The number of hydrogen-bond donors (Lipinski definition) is 1. The summed E-state index contributed by atoms with van der Waals surface area (Å²) in [6.07, 6.45) is 1.11. The van der Waals surface area contributed by atoms with Crippen molar-refractivity contribution in [2.45, 2.75) is 19.4 Å². The predicted octanol–water partition coefficient (Wildman–Crippen LogP) is 1.35. The average molecular weight is 255 g/mol. The molecule has 1 aliphatic heterocycles. The molecule has 0 aliphatic carbocycles. The summed E-state index contributed by atoms with van der Waals surface area (Å²) in [5, 5.41) is 4.18. The first-order valence-corrected chi connectivity index (χ1v) is 6.42. The van der Waals surface area contributed by atoms with Gasteiger partial charge in [0.05, 0.1) is 12.8 Å². The van der Waals surface area contributed by atoms with Gasteiger partial charge in [0.1, 0.15) is 4.88 Å². The molecule has 94 valence electrons. The van der Waals surface area contributed by atoms with E-state index in [0.717, 1.165) is 30.3 Å². The van der Waals surface area contributed by atoms with Crippen molar-refractivity contribution in [3.8, 4) is 0 Å². The molecule has 1 aromatic rings. The van der Waals surface area contributed by atoms with Crippen molar-refractivity contribution in [3.63, 3.8) is 0 Å². The summed E-state index contributed by atoms with van der Waals surface area (Å²) in [4.78, 5) is 18.7. The van der Waals surface area contributed by atoms with E-state index in [0.29, 0.717) is 10.9 Å². The Bertz CT molecular complexity index is 419. The average Bonchev–Trinajstić information content (AvgIpc) is 2.85. The summed E-state index contributed by atoms with van der Waals surface area (Å²) in [5.74, 6) is -0.309. The highest BCUT2D eigenvalue weighted by Gasteiger charge is 2.22. The second kappa shape index (κ2) is 5.01. The summed E-state index contributed by atoms with van der Waals surface area (Å²) < 4.78 is 4.71. The number of ether oxygens (including phenoxy) is 1. The lowest BCUT2D eigenvalue weighted by atomic mass is 10.3. The molecular weight excluding hydrogens is 238 g/mol. The van der Waals surface area contributed by atoms with Crippen LogP contribution in [-0.4, -0.2) is 49.1 Å². The maximum absolute atomic E-state index is 11.4. The molecule has 2 heterocycles. The first-order valence-electron chi connectivity index (χ1n) is 5.61. The minimum atomic E-state index is -0.309. The van der Waals surface area contributed by atoms with Gasteiger partial charge in [0.25, 0.3) is 0 Å². The molecule has 0 radical (unpaired) electrons. The zero-order valence-electron chi connectivity index (χ0n) is 10.3. The van der Waals surface area contributed by atoms with Gasteiger partial charge in [-0.2, -0.15) is 0 Å². The smallest absolute Gasteiger partial charge is 0.350 e. The molecule has 1 aliphatic rings. The van der Waals surface area contributed by atoms with Gasteiger partial charge < -0.3 is 15.0 Å². The van der Waals surface area contributed by atoms with E-state index in [1.807, 2.05) is 6.92 Å². The van der Waals surface area contributed by atoms with Gasteiger partial charge in [-0.25, -0.2) is 9.78 Å².